The molecule has 0 spiro atoms. The molecule has 0 bridgehead atoms. The van der Waals surface area contributed by atoms with Crippen molar-refractivity contribution in [3.05, 3.63) is 0 Å². The number of hydrogen-bond donors (Lipinski definition) is 1. The van der Waals surface area contributed by atoms with E-state index in [4.69, 9.17) is 9.84 Å². The Hall–Kier alpha value is -1.34. The first-order chi connectivity index (χ1) is 9.99. The average Bonchev–Trinajstić information content (AvgIpc) is 2.47. The topological polar surface area (TPSA) is 73.3 Å². The lowest BCUT2D eigenvalue weighted by Gasteiger charge is -2.38. The number of rotatable bonds is 7. The fraction of sp³-hybridized carbons (Fsp3) is 0.857. The molecular weight excluding hydrogens is 274 g/mol. The van der Waals surface area contributed by atoms with Gasteiger partial charge in [-0.3, -0.25) is 9.69 Å². The molecule has 122 valence electrons. The number of carbonyl (C=O) groups is 2. The summed E-state index contributed by atoms with van der Waals surface area (Å²) >= 11 is 0. The molecule has 1 heterocycles. The summed E-state index contributed by atoms with van der Waals surface area (Å²) in [6.45, 7) is 7.61. The first kappa shape index (κ1) is 17.7. The summed E-state index contributed by atoms with van der Waals surface area (Å²) in [6, 6.07) is 0.195. The molecule has 1 rings (SSSR count). The molecule has 0 aliphatic carbocycles. The normalized spacial score (nSPS) is 17.6. The Morgan fingerprint density at radius 1 is 1.29 bits per heavy atom. The van der Waals surface area contributed by atoms with Crippen molar-refractivity contribution in [3.63, 3.8) is 0 Å². The van der Waals surface area contributed by atoms with Crippen LogP contribution in [-0.2, 0) is 9.53 Å². The molecule has 7 heteroatoms. The summed E-state index contributed by atoms with van der Waals surface area (Å²) in [6.07, 6.45) is 0.897. The van der Waals surface area contributed by atoms with Gasteiger partial charge in [0, 0.05) is 45.9 Å². The fourth-order valence-electron chi connectivity index (χ4n) is 2.38. The predicted octanol–water partition coefficient (Wildman–Crippen LogP) is 0.556. The first-order valence-electron chi connectivity index (χ1n) is 7.48. The van der Waals surface area contributed by atoms with Gasteiger partial charge in [-0.2, -0.15) is 0 Å². The Bertz CT molecular complexity index is 343. The quantitative estimate of drug-likeness (QED) is 0.743. The third kappa shape index (κ3) is 5.51. The number of carbonyl (C=O) groups excluding carboxylic acids is 1. The van der Waals surface area contributed by atoms with Crippen molar-refractivity contribution in [2.24, 2.45) is 0 Å². The van der Waals surface area contributed by atoms with Gasteiger partial charge in [0.05, 0.1) is 13.2 Å². The van der Waals surface area contributed by atoms with Crippen LogP contribution in [0.25, 0.3) is 0 Å². The molecule has 1 fully saturated rings. The number of methoxy groups -OCH3 is 1. The van der Waals surface area contributed by atoms with Gasteiger partial charge in [-0.1, -0.05) is 6.92 Å². The molecule has 1 atom stereocenters. The van der Waals surface area contributed by atoms with Crippen LogP contribution in [0.3, 0.4) is 0 Å². The van der Waals surface area contributed by atoms with E-state index < -0.39 is 5.97 Å². The molecule has 0 saturated carbocycles. The number of piperazine rings is 1. The maximum Gasteiger partial charge on any atom is 0.320 e. The summed E-state index contributed by atoms with van der Waals surface area (Å²) in [5.74, 6) is -0.823. The number of carboxylic acids is 1. The van der Waals surface area contributed by atoms with Crippen molar-refractivity contribution < 1.29 is 19.4 Å². The molecule has 1 saturated heterocycles. The highest BCUT2D eigenvalue weighted by Crippen LogP contribution is 2.10. The van der Waals surface area contributed by atoms with Crippen LogP contribution in [0, 0.1) is 0 Å². The summed E-state index contributed by atoms with van der Waals surface area (Å²) < 4.78 is 5.08. The highest BCUT2D eigenvalue weighted by Gasteiger charge is 2.27. The van der Waals surface area contributed by atoms with Gasteiger partial charge in [0.2, 0.25) is 0 Å². The van der Waals surface area contributed by atoms with E-state index in [9.17, 15) is 9.59 Å². The van der Waals surface area contributed by atoms with Crippen molar-refractivity contribution >= 4 is 12.0 Å². The van der Waals surface area contributed by atoms with Crippen LogP contribution in [0.2, 0.25) is 0 Å². The number of nitrogens with zero attached hydrogens (tertiary/aromatic N) is 3. The predicted molar refractivity (Wildman–Crippen MR) is 79.4 cm³/mol. The Morgan fingerprint density at radius 3 is 2.38 bits per heavy atom. The summed E-state index contributed by atoms with van der Waals surface area (Å²) in [4.78, 5) is 28.8. The van der Waals surface area contributed by atoms with Crippen molar-refractivity contribution in [1.82, 2.24) is 14.7 Å². The Labute approximate surface area is 126 Å². The van der Waals surface area contributed by atoms with Crippen molar-refractivity contribution in [2.75, 3.05) is 53.0 Å². The van der Waals surface area contributed by atoms with E-state index in [1.165, 1.54) is 0 Å². The maximum absolute atomic E-state index is 12.6. The first-order valence-corrected chi connectivity index (χ1v) is 7.48. The Balaban J connectivity index is 2.54. The molecule has 0 radical (unpaired) electrons. The van der Waals surface area contributed by atoms with Crippen molar-refractivity contribution in [1.29, 1.82) is 0 Å². The molecule has 0 aromatic carbocycles. The average molecular weight is 301 g/mol. The van der Waals surface area contributed by atoms with Gasteiger partial charge in [0.15, 0.2) is 0 Å². The lowest BCUT2D eigenvalue weighted by Crippen LogP contribution is -2.55. The van der Waals surface area contributed by atoms with Gasteiger partial charge < -0.3 is 19.6 Å². The Morgan fingerprint density at radius 2 is 1.90 bits per heavy atom. The molecule has 0 aromatic heterocycles. The molecular formula is C14H27N3O4. The van der Waals surface area contributed by atoms with Crippen molar-refractivity contribution in [3.8, 4) is 0 Å². The number of carboxylic acid groups (broad SMARTS) is 1. The lowest BCUT2D eigenvalue weighted by atomic mass is 10.2. The second kappa shape index (κ2) is 8.84. The molecule has 1 aliphatic rings. The van der Waals surface area contributed by atoms with Gasteiger partial charge in [0.25, 0.3) is 0 Å². The fourth-order valence-corrected chi connectivity index (χ4v) is 2.38. The standard InChI is InChI=1S/C14H27N3O4/c1-4-12(2)17(9-10-21-3)14(20)16-7-5-15(6-8-16)11-13(18)19/h12H,4-11H2,1-3H3,(H,18,19). The largest absolute Gasteiger partial charge is 0.480 e. The van der Waals surface area contributed by atoms with Crippen LogP contribution >= 0.6 is 0 Å². The number of ether oxygens (including phenoxy) is 1. The zero-order valence-electron chi connectivity index (χ0n) is 13.2. The van der Waals surface area contributed by atoms with Crippen LogP contribution in [0.4, 0.5) is 4.79 Å². The van der Waals surface area contributed by atoms with Gasteiger partial charge >= 0.3 is 12.0 Å². The van der Waals surface area contributed by atoms with Gasteiger partial charge in [0.1, 0.15) is 0 Å². The molecule has 7 nitrogen and oxygen atoms in total. The minimum Gasteiger partial charge on any atom is -0.480 e. The molecule has 2 amide bonds. The van der Waals surface area contributed by atoms with Crippen LogP contribution < -0.4 is 0 Å². The van der Waals surface area contributed by atoms with Gasteiger partial charge in [-0.15, -0.1) is 0 Å². The molecule has 1 aliphatic heterocycles. The smallest absolute Gasteiger partial charge is 0.320 e. The number of urea groups is 1. The van der Waals surface area contributed by atoms with E-state index in [1.54, 1.807) is 12.0 Å². The number of hydrogen-bond acceptors (Lipinski definition) is 4. The zero-order valence-corrected chi connectivity index (χ0v) is 13.2. The second-order valence-electron chi connectivity index (χ2n) is 5.38. The van der Waals surface area contributed by atoms with Crippen LogP contribution in [-0.4, -0.2) is 90.8 Å². The summed E-state index contributed by atoms with van der Waals surface area (Å²) in [7, 11) is 1.63. The minimum atomic E-state index is -0.823. The zero-order chi connectivity index (χ0) is 15.8. The van der Waals surface area contributed by atoms with Crippen LogP contribution in [0.15, 0.2) is 0 Å². The highest BCUT2D eigenvalue weighted by atomic mass is 16.5. The summed E-state index contributed by atoms with van der Waals surface area (Å²) in [5, 5.41) is 8.79. The van der Waals surface area contributed by atoms with E-state index >= 15 is 0 Å². The monoisotopic (exact) mass is 301 g/mol. The van der Waals surface area contributed by atoms with Gasteiger partial charge in [-0.05, 0) is 13.3 Å². The summed E-state index contributed by atoms with van der Waals surface area (Å²) in [5.41, 5.74) is 0. The third-order valence-electron chi connectivity index (χ3n) is 3.91. The molecule has 1 N–H and O–H groups in total. The molecule has 21 heavy (non-hydrogen) atoms. The van der Waals surface area contributed by atoms with E-state index in [0.29, 0.717) is 39.3 Å². The highest BCUT2D eigenvalue weighted by molar-refractivity contribution is 5.75. The second-order valence-corrected chi connectivity index (χ2v) is 5.38. The SMILES string of the molecule is CCC(C)N(CCOC)C(=O)N1CCN(CC(=O)O)CC1. The lowest BCUT2D eigenvalue weighted by molar-refractivity contribution is -0.138. The van der Waals surface area contributed by atoms with E-state index in [2.05, 4.69) is 6.92 Å². The third-order valence-corrected chi connectivity index (χ3v) is 3.91. The number of amides is 2. The van der Waals surface area contributed by atoms with E-state index in [-0.39, 0.29) is 18.6 Å². The van der Waals surface area contributed by atoms with E-state index in [1.807, 2.05) is 16.7 Å². The molecule has 1 unspecified atom stereocenters. The molecule has 0 aromatic rings. The van der Waals surface area contributed by atoms with E-state index in [0.717, 1.165) is 6.42 Å². The minimum absolute atomic E-state index is 0.0244. The van der Waals surface area contributed by atoms with Gasteiger partial charge in [-0.25, -0.2) is 4.79 Å². The maximum atomic E-state index is 12.6. The Kier molecular flexibility index (Phi) is 7.45. The van der Waals surface area contributed by atoms with Crippen LogP contribution in [0.5, 0.6) is 0 Å². The number of aliphatic carboxylic acids is 1. The van der Waals surface area contributed by atoms with Crippen molar-refractivity contribution in [2.45, 2.75) is 26.3 Å². The van der Waals surface area contributed by atoms with Crippen LogP contribution in [0.1, 0.15) is 20.3 Å².